The third-order valence-electron chi connectivity index (χ3n) is 4.60. The van der Waals surface area contributed by atoms with Gasteiger partial charge in [0.1, 0.15) is 0 Å². The van der Waals surface area contributed by atoms with Crippen LogP contribution in [-0.4, -0.2) is 38.1 Å². The molecule has 1 aromatic carbocycles. The van der Waals surface area contributed by atoms with Crippen LogP contribution in [0.1, 0.15) is 44.7 Å². The molecule has 0 radical (unpaired) electrons. The standard InChI is InChI=1S/C18H30N2/c1-14-13-15(18(2,3)4)7-8-17(14)20-11-9-16(10-12-20)19(5)6/h7-8,13,16H,9-12H2,1-6H3. The molecule has 0 aliphatic carbocycles. The first kappa shape index (κ1) is 15.4. The normalized spacial score (nSPS) is 17.9. The van der Waals surface area contributed by atoms with Crippen LogP contribution in [0, 0.1) is 6.92 Å². The summed E-state index contributed by atoms with van der Waals surface area (Å²) in [6.07, 6.45) is 2.54. The molecule has 0 saturated carbocycles. The molecule has 0 unspecified atom stereocenters. The molecule has 0 N–H and O–H groups in total. The molecule has 2 nitrogen and oxygen atoms in total. The molecule has 0 amide bonds. The lowest BCUT2D eigenvalue weighted by Crippen LogP contribution is -2.42. The van der Waals surface area contributed by atoms with E-state index < -0.39 is 0 Å². The molecule has 1 saturated heterocycles. The maximum absolute atomic E-state index is 2.56. The van der Waals surface area contributed by atoms with E-state index in [1.54, 1.807) is 0 Å². The van der Waals surface area contributed by atoms with Gasteiger partial charge in [0, 0.05) is 24.8 Å². The highest BCUT2D eigenvalue weighted by molar-refractivity contribution is 5.55. The fourth-order valence-corrected chi connectivity index (χ4v) is 3.10. The van der Waals surface area contributed by atoms with E-state index in [-0.39, 0.29) is 5.41 Å². The Kier molecular flexibility index (Phi) is 4.43. The van der Waals surface area contributed by atoms with Crippen LogP contribution < -0.4 is 4.90 Å². The predicted molar refractivity (Wildman–Crippen MR) is 88.8 cm³/mol. The average Bonchev–Trinajstić information content (AvgIpc) is 2.37. The molecule has 0 bridgehead atoms. The Morgan fingerprint density at radius 1 is 1.10 bits per heavy atom. The smallest absolute Gasteiger partial charge is 0.0396 e. The van der Waals surface area contributed by atoms with E-state index in [9.17, 15) is 0 Å². The van der Waals surface area contributed by atoms with Gasteiger partial charge < -0.3 is 9.80 Å². The second-order valence-electron chi connectivity index (χ2n) is 7.43. The number of benzene rings is 1. The summed E-state index contributed by atoms with van der Waals surface area (Å²) in [5, 5.41) is 0. The zero-order valence-corrected chi connectivity index (χ0v) is 14.0. The van der Waals surface area contributed by atoms with E-state index in [1.165, 1.54) is 42.7 Å². The van der Waals surface area contributed by atoms with Gasteiger partial charge in [-0.1, -0.05) is 32.9 Å². The molecule has 112 valence electrons. The Morgan fingerprint density at radius 3 is 2.15 bits per heavy atom. The van der Waals surface area contributed by atoms with Crippen LogP contribution in [0.15, 0.2) is 18.2 Å². The first-order chi connectivity index (χ1) is 9.29. The van der Waals surface area contributed by atoms with Gasteiger partial charge in [-0.15, -0.1) is 0 Å². The monoisotopic (exact) mass is 274 g/mol. The van der Waals surface area contributed by atoms with Crippen LogP contribution in [0.3, 0.4) is 0 Å². The molecule has 1 aromatic rings. The molecule has 1 aliphatic rings. The first-order valence-corrected chi connectivity index (χ1v) is 7.81. The average molecular weight is 274 g/mol. The first-order valence-electron chi connectivity index (χ1n) is 7.81. The minimum Gasteiger partial charge on any atom is -0.371 e. The molecule has 0 spiro atoms. The Bertz CT molecular complexity index is 449. The number of rotatable bonds is 2. The number of hydrogen-bond donors (Lipinski definition) is 0. The van der Waals surface area contributed by atoms with Crippen LogP contribution in [0.2, 0.25) is 0 Å². The van der Waals surface area contributed by atoms with E-state index in [2.05, 4.69) is 69.8 Å². The van der Waals surface area contributed by atoms with Crippen LogP contribution in [0.4, 0.5) is 5.69 Å². The fourth-order valence-electron chi connectivity index (χ4n) is 3.10. The van der Waals surface area contributed by atoms with Crippen LogP contribution in [-0.2, 0) is 5.41 Å². The zero-order valence-electron chi connectivity index (χ0n) is 14.0. The van der Waals surface area contributed by atoms with Gasteiger partial charge in [-0.2, -0.15) is 0 Å². The van der Waals surface area contributed by atoms with Crippen molar-refractivity contribution >= 4 is 5.69 Å². The second kappa shape index (κ2) is 5.77. The SMILES string of the molecule is Cc1cc(C(C)(C)C)ccc1N1CCC(N(C)C)CC1. The van der Waals surface area contributed by atoms with Crippen LogP contribution in [0.5, 0.6) is 0 Å². The summed E-state index contributed by atoms with van der Waals surface area (Å²) >= 11 is 0. The van der Waals surface area contributed by atoms with Crippen LogP contribution >= 0.6 is 0 Å². The molecular formula is C18H30N2. The van der Waals surface area contributed by atoms with Gasteiger partial charge >= 0.3 is 0 Å². The largest absolute Gasteiger partial charge is 0.371 e. The van der Waals surface area contributed by atoms with Gasteiger partial charge in [0.05, 0.1) is 0 Å². The van der Waals surface area contributed by atoms with Crippen molar-refractivity contribution in [2.24, 2.45) is 0 Å². The van der Waals surface area contributed by atoms with E-state index in [0.717, 1.165) is 6.04 Å². The fraction of sp³-hybridized carbons (Fsp3) is 0.667. The van der Waals surface area contributed by atoms with E-state index in [4.69, 9.17) is 0 Å². The lowest BCUT2D eigenvalue weighted by Gasteiger charge is -2.37. The highest BCUT2D eigenvalue weighted by Crippen LogP contribution is 2.30. The molecule has 20 heavy (non-hydrogen) atoms. The van der Waals surface area contributed by atoms with Gasteiger partial charge in [0.2, 0.25) is 0 Å². The van der Waals surface area contributed by atoms with Crippen molar-refractivity contribution in [2.75, 3.05) is 32.1 Å². The quantitative estimate of drug-likeness (QED) is 0.809. The van der Waals surface area contributed by atoms with Crippen molar-refractivity contribution in [1.82, 2.24) is 4.90 Å². The van der Waals surface area contributed by atoms with Crippen molar-refractivity contribution in [2.45, 2.75) is 52.0 Å². The Labute approximate surface area is 124 Å². The summed E-state index contributed by atoms with van der Waals surface area (Å²) in [6, 6.07) is 7.75. The van der Waals surface area contributed by atoms with Crippen molar-refractivity contribution in [3.63, 3.8) is 0 Å². The number of aryl methyl sites for hydroxylation is 1. The third-order valence-corrected chi connectivity index (χ3v) is 4.60. The van der Waals surface area contributed by atoms with Gasteiger partial charge in [-0.25, -0.2) is 0 Å². The minimum absolute atomic E-state index is 0.237. The highest BCUT2D eigenvalue weighted by Gasteiger charge is 2.22. The second-order valence-corrected chi connectivity index (χ2v) is 7.43. The topological polar surface area (TPSA) is 6.48 Å². The number of piperidine rings is 1. The summed E-state index contributed by atoms with van der Waals surface area (Å²) in [4.78, 5) is 4.93. The maximum Gasteiger partial charge on any atom is 0.0396 e. The third kappa shape index (κ3) is 3.35. The number of nitrogens with zero attached hydrogens (tertiary/aromatic N) is 2. The summed E-state index contributed by atoms with van der Waals surface area (Å²) in [7, 11) is 4.40. The van der Waals surface area contributed by atoms with Gasteiger partial charge in [0.15, 0.2) is 0 Å². The van der Waals surface area contributed by atoms with Gasteiger partial charge in [-0.05, 0) is 56.5 Å². The van der Waals surface area contributed by atoms with Gasteiger partial charge in [-0.3, -0.25) is 0 Å². The van der Waals surface area contributed by atoms with E-state index in [0.29, 0.717) is 0 Å². The van der Waals surface area contributed by atoms with E-state index in [1.807, 2.05) is 0 Å². The van der Waals surface area contributed by atoms with Crippen molar-refractivity contribution < 1.29 is 0 Å². The minimum atomic E-state index is 0.237. The van der Waals surface area contributed by atoms with E-state index >= 15 is 0 Å². The summed E-state index contributed by atoms with van der Waals surface area (Å²) in [5.74, 6) is 0. The van der Waals surface area contributed by atoms with Crippen molar-refractivity contribution in [1.29, 1.82) is 0 Å². The Hall–Kier alpha value is -1.02. The highest BCUT2D eigenvalue weighted by atomic mass is 15.2. The number of hydrogen-bond acceptors (Lipinski definition) is 2. The number of anilines is 1. The Morgan fingerprint density at radius 2 is 1.70 bits per heavy atom. The molecule has 0 aromatic heterocycles. The molecule has 2 heteroatoms. The predicted octanol–water partition coefficient (Wildman–Crippen LogP) is 3.82. The summed E-state index contributed by atoms with van der Waals surface area (Å²) in [6.45, 7) is 11.5. The summed E-state index contributed by atoms with van der Waals surface area (Å²) < 4.78 is 0. The molecule has 1 fully saturated rings. The lowest BCUT2D eigenvalue weighted by atomic mass is 9.86. The van der Waals surface area contributed by atoms with Gasteiger partial charge in [0.25, 0.3) is 0 Å². The molecular weight excluding hydrogens is 244 g/mol. The molecule has 2 rings (SSSR count). The van der Waals surface area contributed by atoms with Crippen LogP contribution in [0.25, 0.3) is 0 Å². The molecule has 1 aliphatic heterocycles. The maximum atomic E-state index is 2.56. The van der Waals surface area contributed by atoms with Crippen molar-refractivity contribution in [3.05, 3.63) is 29.3 Å². The molecule has 1 heterocycles. The lowest BCUT2D eigenvalue weighted by molar-refractivity contribution is 0.249. The molecule has 0 atom stereocenters. The summed E-state index contributed by atoms with van der Waals surface area (Å²) in [5.41, 5.74) is 4.51. The van der Waals surface area contributed by atoms with Crippen molar-refractivity contribution in [3.8, 4) is 0 Å². The Balaban J connectivity index is 2.11. The zero-order chi connectivity index (χ0) is 14.9.